The second-order valence-electron chi connectivity index (χ2n) is 5.18. The number of nitrogens with one attached hydrogen (secondary N) is 2. The minimum atomic E-state index is 0.168. The summed E-state index contributed by atoms with van der Waals surface area (Å²) in [7, 11) is 0. The van der Waals surface area contributed by atoms with Gasteiger partial charge in [0, 0.05) is 25.0 Å². The van der Waals surface area contributed by atoms with Crippen molar-refractivity contribution in [3.05, 3.63) is 35.4 Å². The summed E-state index contributed by atoms with van der Waals surface area (Å²) in [4.78, 5) is 11.5. The summed E-state index contributed by atoms with van der Waals surface area (Å²) in [6, 6.07) is 9.26. The number of amides is 1. The Morgan fingerprint density at radius 2 is 2.00 bits per heavy atom. The first-order chi connectivity index (χ1) is 8.65. The number of rotatable bonds is 6. The zero-order valence-corrected chi connectivity index (χ0v) is 11.2. The van der Waals surface area contributed by atoms with Crippen molar-refractivity contribution in [3.8, 4) is 0 Å². The molecule has 1 fully saturated rings. The van der Waals surface area contributed by atoms with E-state index in [2.05, 4.69) is 48.7 Å². The van der Waals surface area contributed by atoms with Crippen LogP contribution in [0.1, 0.15) is 43.4 Å². The van der Waals surface area contributed by atoms with Crippen molar-refractivity contribution in [1.82, 2.24) is 10.6 Å². The van der Waals surface area contributed by atoms with Gasteiger partial charge in [-0.1, -0.05) is 29.8 Å². The molecular weight excluding hydrogens is 224 g/mol. The Morgan fingerprint density at radius 1 is 1.33 bits per heavy atom. The lowest BCUT2D eigenvalue weighted by Gasteiger charge is -2.14. The largest absolute Gasteiger partial charge is 0.353 e. The molecule has 1 aromatic rings. The first kappa shape index (κ1) is 13.1. The first-order valence-electron chi connectivity index (χ1n) is 6.74. The molecule has 3 heteroatoms. The highest BCUT2D eigenvalue weighted by molar-refractivity contribution is 5.76. The van der Waals surface area contributed by atoms with Crippen molar-refractivity contribution in [2.45, 2.75) is 45.2 Å². The summed E-state index contributed by atoms with van der Waals surface area (Å²) >= 11 is 0. The quantitative estimate of drug-likeness (QED) is 0.808. The van der Waals surface area contributed by atoms with Gasteiger partial charge in [-0.25, -0.2) is 0 Å². The molecule has 1 atom stereocenters. The van der Waals surface area contributed by atoms with Gasteiger partial charge in [-0.3, -0.25) is 4.79 Å². The summed E-state index contributed by atoms with van der Waals surface area (Å²) in [6.45, 7) is 4.95. The van der Waals surface area contributed by atoms with Crippen LogP contribution >= 0.6 is 0 Å². The second-order valence-corrected chi connectivity index (χ2v) is 5.18. The topological polar surface area (TPSA) is 41.1 Å². The molecule has 1 aliphatic carbocycles. The van der Waals surface area contributed by atoms with E-state index in [9.17, 15) is 4.79 Å². The van der Waals surface area contributed by atoms with Gasteiger partial charge in [-0.15, -0.1) is 0 Å². The van der Waals surface area contributed by atoms with E-state index in [1.165, 1.54) is 11.1 Å². The number of benzene rings is 1. The molecule has 3 nitrogen and oxygen atoms in total. The van der Waals surface area contributed by atoms with Crippen molar-refractivity contribution in [1.29, 1.82) is 0 Å². The van der Waals surface area contributed by atoms with E-state index in [0.717, 1.165) is 19.4 Å². The summed E-state index contributed by atoms with van der Waals surface area (Å²) < 4.78 is 0. The Labute approximate surface area is 109 Å². The average Bonchev–Trinajstić information content (AvgIpc) is 3.13. The normalized spacial score (nSPS) is 16.3. The van der Waals surface area contributed by atoms with Crippen LogP contribution in [0.2, 0.25) is 0 Å². The maximum absolute atomic E-state index is 11.5. The molecule has 0 saturated heterocycles. The van der Waals surface area contributed by atoms with Crippen LogP contribution < -0.4 is 10.6 Å². The third-order valence-corrected chi connectivity index (χ3v) is 3.32. The number of aryl methyl sites for hydroxylation is 1. The van der Waals surface area contributed by atoms with Crippen LogP contribution in [-0.4, -0.2) is 18.5 Å². The summed E-state index contributed by atoms with van der Waals surface area (Å²) in [5.41, 5.74) is 2.54. The Hall–Kier alpha value is -1.35. The number of hydrogen-bond donors (Lipinski definition) is 2. The zero-order valence-electron chi connectivity index (χ0n) is 11.2. The van der Waals surface area contributed by atoms with Crippen molar-refractivity contribution >= 4 is 5.91 Å². The Bertz CT molecular complexity index is 395. The molecule has 1 unspecified atom stereocenters. The van der Waals surface area contributed by atoms with E-state index < -0.39 is 0 Å². The lowest BCUT2D eigenvalue weighted by Crippen LogP contribution is -2.30. The van der Waals surface area contributed by atoms with Crippen LogP contribution in [0.4, 0.5) is 0 Å². The molecule has 0 spiro atoms. The third-order valence-electron chi connectivity index (χ3n) is 3.32. The molecule has 1 amide bonds. The van der Waals surface area contributed by atoms with Crippen molar-refractivity contribution in [2.75, 3.05) is 6.54 Å². The van der Waals surface area contributed by atoms with Gasteiger partial charge in [-0.05, 0) is 32.3 Å². The highest BCUT2D eigenvalue weighted by Crippen LogP contribution is 2.18. The molecule has 0 aromatic heterocycles. The molecule has 98 valence electrons. The van der Waals surface area contributed by atoms with Gasteiger partial charge in [-0.2, -0.15) is 0 Å². The number of carbonyl (C=O) groups excluding carboxylic acids is 1. The van der Waals surface area contributed by atoms with E-state index >= 15 is 0 Å². The zero-order chi connectivity index (χ0) is 13.0. The second kappa shape index (κ2) is 6.01. The van der Waals surface area contributed by atoms with Gasteiger partial charge < -0.3 is 10.6 Å². The van der Waals surface area contributed by atoms with E-state index in [1.807, 2.05) is 0 Å². The van der Waals surface area contributed by atoms with Crippen LogP contribution in [0, 0.1) is 6.92 Å². The highest BCUT2D eigenvalue weighted by atomic mass is 16.1. The van der Waals surface area contributed by atoms with Gasteiger partial charge in [0.05, 0.1) is 0 Å². The van der Waals surface area contributed by atoms with Crippen LogP contribution in [0.3, 0.4) is 0 Å². The minimum absolute atomic E-state index is 0.168. The predicted octanol–water partition coefficient (Wildman–Crippen LogP) is 2.31. The van der Waals surface area contributed by atoms with Crippen molar-refractivity contribution in [2.24, 2.45) is 0 Å². The molecule has 1 saturated carbocycles. The van der Waals surface area contributed by atoms with Crippen LogP contribution in [-0.2, 0) is 4.79 Å². The first-order valence-corrected chi connectivity index (χ1v) is 6.74. The Morgan fingerprint density at radius 3 is 2.61 bits per heavy atom. The summed E-state index contributed by atoms with van der Waals surface area (Å²) in [6.07, 6.45) is 2.87. The van der Waals surface area contributed by atoms with Crippen molar-refractivity contribution in [3.63, 3.8) is 0 Å². The van der Waals surface area contributed by atoms with Gasteiger partial charge in [0.25, 0.3) is 0 Å². The minimum Gasteiger partial charge on any atom is -0.353 e. The SMILES string of the molecule is Cc1ccc(C(C)NCCC(=O)NC2CC2)cc1. The fourth-order valence-electron chi connectivity index (χ4n) is 1.90. The predicted molar refractivity (Wildman–Crippen MR) is 73.4 cm³/mol. The summed E-state index contributed by atoms with van der Waals surface area (Å²) in [5.74, 6) is 0.168. The highest BCUT2D eigenvalue weighted by Gasteiger charge is 2.22. The fraction of sp³-hybridized carbons (Fsp3) is 0.533. The van der Waals surface area contributed by atoms with E-state index in [1.54, 1.807) is 0 Å². The number of carbonyl (C=O) groups is 1. The fourth-order valence-corrected chi connectivity index (χ4v) is 1.90. The van der Waals surface area contributed by atoms with Gasteiger partial charge in [0.1, 0.15) is 0 Å². The molecule has 0 aliphatic heterocycles. The lowest BCUT2D eigenvalue weighted by atomic mass is 10.1. The molecular formula is C15H22N2O. The van der Waals surface area contributed by atoms with Gasteiger partial charge in [0.15, 0.2) is 0 Å². The standard InChI is InChI=1S/C15H22N2O/c1-11-3-5-13(6-4-11)12(2)16-10-9-15(18)17-14-7-8-14/h3-6,12,14,16H,7-10H2,1-2H3,(H,17,18). The van der Waals surface area contributed by atoms with E-state index in [-0.39, 0.29) is 5.91 Å². The maximum atomic E-state index is 11.5. The smallest absolute Gasteiger partial charge is 0.221 e. The third kappa shape index (κ3) is 4.15. The van der Waals surface area contributed by atoms with E-state index in [4.69, 9.17) is 0 Å². The molecule has 0 bridgehead atoms. The average molecular weight is 246 g/mol. The van der Waals surface area contributed by atoms with E-state index in [0.29, 0.717) is 18.5 Å². The monoisotopic (exact) mass is 246 g/mol. The summed E-state index contributed by atoms with van der Waals surface area (Å²) in [5, 5.41) is 6.38. The Balaban J connectivity index is 1.68. The molecule has 1 aromatic carbocycles. The molecule has 2 rings (SSSR count). The molecule has 18 heavy (non-hydrogen) atoms. The maximum Gasteiger partial charge on any atom is 0.221 e. The van der Waals surface area contributed by atoms with Crippen LogP contribution in [0.15, 0.2) is 24.3 Å². The van der Waals surface area contributed by atoms with Gasteiger partial charge >= 0.3 is 0 Å². The van der Waals surface area contributed by atoms with Crippen molar-refractivity contribution < 1.29 is 4.79 Å². The molecule has 1 aliphatic rings. The molecule has 0 heterocycles. The van der Waals surface area contributed by atoms with Gasteiger partial charge in [0.2, 0.25) is 5.91 Å². The lowest BCUT2D eigenvalue weighted by molar-refractivity contribution is -0.121. The Kier molecular flexibility index (Phi) is 4.37. The number of hydrogen-bond acceptors (Lipinski definition) is 2. The molecule has 2 N–H and O–H groups in total. The van der Waals surface area contributed by atoms with Crippen LogP contribution in [0.25, 0.3) is 0 Å². The molecule has 0 radical (unpaired) electrons. The van der Waals surface area contributed by atoms with Crippen LogP contribution in [0.5, 0.6) is 0 Å².